The number of carbonyl (C=O) groups is 1. The highest BCUT2D eigenvalue weighted by atomic mass is 35.5. The van der Waals surface area contributed by atoms with Crippen LogP contribution in [0.4, 0.5) is 4.79 Å². The molecule has 1 fully saturated rings. The molecule has 2 atom stereocenters. The van der Waals surface area contributed by atoms with Gasteiger partial charge in [-0.1, -0.05) is 51.1 Å². The van der Waals surface area contributed by atoms with Gasteiger partial charge >= 0.3 is 6.09 Å². The van der Waals surface area contributed by atoms with Gasteiger partial charge in [0.05, 0.1) is 18.0 Å². The van der Waals surface area contributed by atoms with Gasteiger partial charge in [-0.3, -0.25) is 4.90 Å². The molecule has 1 amide bonds. The van der Waals surface area contributed by atoms with Gasteiger partial charge < -0.3 is 14.5 Å². The Hall–Kier alpha value is -1.08. The summed E-state index contributed by atoms with van der Waals surface area (Å²) < 4.78 is 11.9. The van der Waals surface area contributed by atoms with Crippen LogP contribution in [0.3, 0.4) is 0 Å². The third kappa shape index (κ3) is 6.76. The van der Waals surface area contributed by atoms with Gasteiger partial charge in [0, 0.05) is 19.6 Å². The van der Waals surface area contributed by atoms with Crippen molar-refractivity contribution in [2.75, 3.05) is 25.6 Å². The van der Waals surface area contributed by atoms with Gasteiger partial charge in [0.2, 0.25) is 0 Å². The molecule has 5 nitrogen and oxygen atoms in total. The van der Waals surface area contributed by atoms with Gasteiger partial charge in [0.1, 0.15) is 6.61 Å². The SMILES string of the molecule is CC(C)(C)[Si](C)(C)O[C@@H]1CN(Cc2ccccc2)CC[C@@H]1NC(=O)OCCCl. The van der Waals surface area contributed by atoms with Crippen LogP contribution in [0.2, 0.25) is 18.1 Å². The highest BCUT2D eigenvalue weighted by Gasteiger charge is 2.42. The summed E-state index contributed by atoms with van der Waals surface area (Å²) in [6.07, 6.45) is 0.371. The number of likely N-dealkylation sites (tertiary alicyclic amines) is 1. The minimum absolute atomic E-state index is 0.0519. The van der Waals surface area contributed by atoms with Crippen molar-refractivity contribution < 1.29 is 14.0 Å². The van der Waals surface area contributed by atoms with E-state index in [1.165, 1.54) is 5.56 Å². The predicted octanol–water partition coefficient (Wildman–Crippen LogP) is 4.62. The number of ether oxygens (including phenoxy) is 1. The molecule has 0 aliphatic carbocycles. The fourth-order valence-corrected chi connectivity index (χ4v) is 4.56. The molecular weight excluding hydrogens is 392 g/mol. The van der Waals surface area contributed by atoms with E-state index in [0.29, 0.717) is 5.88 Å². The minimum Gasteiger partial charge on any atom is -0.448 e. The maximum absolute atomic E-state index is 12.1. The van der Waals surface area contributed by atoms with Gasteiger partial charge in [-0.25, -0.2) is 4.79 Å². The molecule has 1 aromatic carbocycles. The quantitative estimate of drug-likeness (QED) is 0.510. The molecule has 28 heavy (non-hydrogen) atoms. The Kier molecular flexibility index (Phi) is 8.37. The van der Waals surface area contributed by atoms with Crippen molar-refractivity contribution in [3.8, 4) is 0 Å². The standard InChI is InChI=1S/C21H35ClN2O3Si/c1-21(2,3)28(4,5)27-19-16-24(15-17-9-7-6-8-10-17)13-11-18(19)23-20(25)26-14-12-22/h6-10,18-19H,11-16H2,1-5H3,(H,23,25)/t18-,19+/m0/s1. The van der Waals surface area contributed by atoms with Gasteiger partial charge in [0.15, 0.2) is 8.32 Å². The number of rotatable bonds is 7. The lowest BCUT2D eigenvalue weighted by atomic mass is 10.0. The van der Waals surface area contributed by atoms with Crippen LogP contribution in [0.5, 0.6) is 0 Å². The number of nitrogens with zero attached hydrogens (tertiary/aromatic N) is 1. The summed E-state index contributed by atoms with van der Waals surface area (Å²) in [6.45, 7) is 14.0. The smallest absolute Gasteiger partial charge is 0.407 e. The van der Waals surface area contributed by atoms with E-state index in [9.17, 15) is 4.79 Å². The van der Waals surface area contributed by atoms with Gasteiger partial charge in [-0.05, 0) is 30.1 Å². The first-order chi connectivity index (χ1) is 13.1. The van der Waals surface area contributed by atoms with Crippen LogP contribution in [0.15, 0.2) is 30.3 Å². The molecule has 1 N–H and O–H groups in total. The molecule has 1 heterocycles. The maximum atomic E-state index is 12.1. The summed E-state index contributed by atoms with van der Waals surface area (Å²) in [7, 11) is -1.97. The molecule has 0 spiro atoms. The Labute approximate surface area is 175 Å². The Morgan fingerprint density at radius 3 is 2.57 bits per heavy atom. The van der Waals surface area contributed by atoms with Crippen LogP contribution in [0.25, 0.3) is 0 Å². The van der Waals surface area contributed by atoms with Crippen molar-refractivity contribution in [1.29, 1.82) is 0 Å². The molecule has 0 saturated carbocycles. The number of alkyl carbamates (subject to hydrolysis) is 1. The molecule has 158 valence electrons. The third-order valence-electron chi connectivity index (χ3n) is 5.76. The second kappa shape index (κ2) is 10.1. The van der Waals surface area contributed by atoms with Crippen molar-refractivity contribution in [3.63, 3.8) is 0 Å². The average Bonchev–Trinajstić information content (AvgIpc) is 2.62. The summed E-state index contributed by atoms with van der Waals surface area (Å²) >= 11 is 5.62. The van der Waals surface area contributed by atoms with Crippen molar-refractivity contribution in [2.45, 2.75) is 64.0 Å². The van der Waals surface area contributed by atoms with E-state index in [4.69, 9.17) is 20.8 Å². The second-order valence-electron chi connectivity index (χ2n) is 9.00. The number of hydrogen-bond acceptors (Lipinski definition) is 4. The first-order valence-electron chi connectivity index (χ1n) is 10.1. The van der Waals surface area contributed by atoms with Crippen molar-refractivity contribution in [2.24, 2.45) is 0 Å². The second-order valence-corrected chi connectivity index (χ2v) is 14.1. The first-order valence-corrected chi connectivity index (χ1v) is 13.5. The highest BCUT2D eigenvalue weighted by Crippen LogP contribution is 2.38. The number of hydrogen-bond donors (Lipinski definition) is 1. The Morgan fingerprint density at radius 1 is 1.29 bits per heavy atom. The van der Waals surface area contributed by atoms with E-state index in [2.05, 4.69) is 68.3 Å². The zero-order valence-corrected chi connectivity index (χ0v) is 19.6. The van der Waals surface area contributed by atoms with Crippen molar-refractivity contribution in [3.05, 3.63) is 35.9 Å². The monoisotopic (exact) mass is 426 g/mol. The number of amides is 1. The van der Waals surface area contributed by atoms with Crippen LogP contribution in [0, 0.1) is 0 Å². The number of carbonyl (C=O) groups excluding carboxylic acids is 1. The zero-order chi connectivity index (χ0) is 20.8. The zero-order valence-electron chi connectivity index (χ0n) is 17.8. The van der Waals surface area contributed by atoms with Crippen LogP contribution < -0.4 is 5.32 Å². The molecule has 1 aromatic rings. The number of piperidine rings is 1. The van der Waals surface area contributed by atoms with E-state index < -0.39 is 14.4 Å². The Balaban J connectivity index is 2.08. The fourth-order valence-electron chi connectivity index (χ4n) is 3.13. The fraction of sp³-hybridized carbons (Fsp3) is 0.667. The maximum Gasteiger partial charge on any atom is 0.407 e. The van der Waals surface area contributed by atoms with Crippen LogP contribution in [-0.4, -0.2) is 57.0 Å². The van der Waals surface area contributed by atoms with Crippen molar-refractivity contribution in [1.82, 2.24) is 10.2 Å². The number of halogens is 1. The molecule has 1 saturated heterocycles. The molecule has 7 heteroatoms. The molecule has 0 bridgehead atoms. The lowest BCUT2D eigenvalue weighted by molar-refractivity contribution is 0.0420. The van der Waals surface area contributed by atoms with Crippen LogP contribution >= 0.6 is 11.6 Å². The first kappa shape index (κ1) is 23.2. The van der Waals surface area contributed by atoms with E-state index >= 15 is 0 Å². The Bertz CT molecular complexity index is 622. The summed E-state index contributed by atoms with van der Waals surface area (Å²) in [4.78, 5) is 14.5. The van der Waals surface area contributed by atoms with Gasteiger partial charge in [-0.2, -0.15) is 0 Å². The molecule has 1 aliphatic rings. The normalized spacial score (nSPS) is 21.4. The highest BCUT2D eigenvalue weighted by molar-refractivity contribution is 6.74. The molecule has 1 aliphatic heterocycles. The topological polar surface area (TPSA) is 50.8 Å². The lowest BCUT2D eigenvalue weighted by Gasteiger charge is -2.45. The van der Waals surface area contributed by atoms with E-state index in [-0.39, 0.29) is 23.8 Å². The van der Waals surface area contributed by atoms with E-state index in [1.54, 1.807) is 0 Å². The molecule has 0 unspecified atom stereocenters. The number of benzene rings is 1. The number of alkyl halides is 1. The van der Waals surface area contributed by atoms with Gasteiger partial charge in [-0.15, -0.1) is 11.6 Å². The third-order valence-corrected chi connectivity index (χ3v) is 10.4. The Morgan fingerprint density at radius 2 is 1.96 bits per heavy atom. The summed E-state index contributed by atoms with van der Waals surface area (Å²) in [5.74, 6) is 0.298. The molecule has 0 aromatic heterocycles. The average molecular weight is 427 g/mol. The summed E-state index contributed by atoms with van der Waals surface area (Å²) in [6, 6.07) is 10.4. The predicted molar refractivity (Wildman–Crippen MR) is 117 cm³/mol. The van der Waals surface area contributed by atoms with E-state index in [1.807, 2.05) is 6.07 Å². The lowest BCUT2D eigenvalue weighted by Crippen LogP contribution is -2.59. The largest absolute Gasteiger partial charge is 0.448 e. The van der Waals surface area contributed by atoms with Crippen molar-refractivity contribution >= 4 is 26.0 Å². The molecule has 2 rings (SSSR count). The summed E-state index contributed by atoms with van der Waals surface area (Å²) in [5.41, 5.74) is 1.29. The summed E-state index contributed by atoms with van der Waals surface area (Å²) in [5, 5.41) is 3.12. The van der Waals surface area contributed by atoms with Crippen LogP contribution in [0.1, 0.15) is 32.8 Å². The van der Waals surface area contributed by atoms with E-state index in [0.717, 1.165) is 26.1 Å². The van der Waals surface area contributed by atoms with Gasteiger partial charge in [0.25, 0.3) is 0 Å². The minimum atomic E-state index is -1.97. The molecule has 0 radical (unpaired) electrons. The van der Waals surface area contributed by atoms with Crippen LogP contribution in [-0.2, 0) is 15.7 Å². The number of nitrogens with one attached hydrogen (secondary N) is 1. The molecular formula is C21H35ClN2O3Si.